The molecule has 0 spiro atoms. The van der Waals surface area contributed by atoms with E-state index in [-0.39, 0.29) is 6.10 Å². The third kappa shape index (κ3) is 4.81. The Labute approximate surface area is 101 Å². The van der Waals surface area contributed by atoms with E-state index in [1.54, 1.807) is 0 Å². The van der Waals surface area contributed by atoms with Gasteiger partial charge in [-0.2, -0.15) is 0 Å². The Bertz CT molecular complexity index is 194. The van der Waals surface area contributed by atoms with Crippen LogP contribution in [-0.2, 0) is 4.74 Å². The van der Waals surface area contributed by atoms with E-state index < -0.39 is 6.41 Å². The third-order valence-electron chi connectivity index (χ3n) is 3.31. The maximum Gasteiger partial charge on any atom is 0.306 e. The lowest BCUT2D eigenvalue weighted by Gasteiger charge is -2.39. The standard InChI is InChI=1S/C13H30NO2/c1-8-14(7,9-10(2)3)13(15)16-12(6)11(4)5/h10-13,15H,8-9H2,1-7H3/q+1. The van der Waals surface area contributed by atoms with Crippen molar-refractivity contribution < 1.29 is 14.3 Å². The fraction of sp³-hybridized carbons (Fsp3) is 1.00. The average Bonchev–Trinajstić information content (AvgIpc) is 2.16. The van der Waals surface area contributed by atoms with Crippen molar-refractivity contribution in [1.82, 2.24) is 0 Å². The molecule has 16 heavy (non-hydrogen) atoms. The molecule has 0 aliphatic heterocycles. The lowest BCUT2D eigenvalue weighted by molar-refractivity contribution is -0.980. The summed E-state index contributed by atoms with van der Waals surface area (Å²) in [5.74, 6) is 0.983. The van der Waals surface area contributed by atoms with E-state index in [1.165, 1.54) is 0 Å². The Kier molecular flexibility index (Phi) is 6.53. The number of hydrogen-bond donors (Lipinski definition) is 1. The summed E-state index contributed by atoms with van der Waals surface area (Å²) in [6.45, 7) is 14.5. The van der Waals surface area contributed by atoms with Crippen molar-refractivity contribution >= 4 is 0 Å². The van der Waals surface area contributed by atoms with Crippen molar-refractivity contribution in [3.8, 4) is 0 Å². The smallest absolute Gasteiger partial charge is 0.306 e. The van der Waals surface area contributed by atoms with E-state index in [9.17, 15) is 5.11 Å². The van der Waals surface area contributed by atoms with Gasteiger partial charge in [0.05, 0.1) is 26.2 Å². The maximum atomic E-state index is 10.2. The van der Waals surface area contributed by atoms with Gasteiger partial charge in [0, 0.05) is 5.92 Å². The molecule has 0 amide bonds. The Morgan fingerprint density at radius 1 is 1.12 bits per heavy atom. The molecule has 3 unspecified atom stereocenters. The zero-order valence-corrected chi connectivity index (χ0v) is 12.0. The highest BCUT2D eigenvalue weighted by Gasteiger charge is 2.32. The van der Waals surface area contributed by atoms with Crippen LogP contribution in [0.15, 0.2) is 0 Å². The molecule has 0 saturated carbocycles. The van der Waals surface area contributed by atoms with E-state index >= 15 is 0 Å². The first kappa shape index (κ1) is 15.9. The summed E-state index contributed by atoms with van der Waals surface area (Å²) in [4.78, 5) is 0. The van der Waals surface area contributed by atoms with Crippen LogP contribution in [0.1, 0.15) is 41.5 Å². The molecule has 0 saturated heterocycles. The van der Waals surface area contributed by atoms with Crippen LogP contribution in [0.3, 0.4) is 0 Å². The molecule has 3 heteroatoms. The van der Waals surface area contributed by atoms with Crippen LogP contribution in [-0.4, -0.2) is 42.2 Å². The molecule has 0 bridgehead atoms. The van der Waals surface area contributed by atoms with E-state index in [1.807, 2.05) is 6.92 Å². The van der Waals surface area contributed by atoms with Crippen molar-refractivity contribution in [1.29, 1.82) is 0 Å². The third-order valence-corrected chi connectivity index (χ3v) is 3.31. The summed E-state index contributed by atoms with van der Waals surface area (Å²) in [6.07, 6.45) is -0.629. The molecule has 98 valence electrons. The molecule has 0 aromatic heterocycles. The molecule has 3 atom stereocenters. The molecule has 1 N–H and O–H groups in total. The topological polar surface area (TPSA) is 29.5 Å². The number of aliphatic hydroxyl groups is 1. The highest BCUT2D eigenvalue weighted by atomic mass is 16.6. The molecule has 0 aliphatic rings. The Morgan fingerprint density at radius 2 is 1.62 bits per heavy atom. The van der Waals surface area contributed by atoms with E-state index in [0.29, 0.717) is 16.3 Å². The predicted octanol–water partition coefficient (Wildman–Crippen LogP) is 2.45. The van der Waals surface area contributed by atoms with Gasteiger partial charge in [-0.25, -0.2) is 0 Å². The first-order valence-electron chi connectivity index (χ1n) is 6.40. The van der Waals surface area contributed by atoms with Crippen LogP contribution in [0, 0.1) is 11.8 Å². The van der Waals surface area contributed by atoms with Crippen molar-refractivity contribution in [3.05, 3.63) is 0 Å². The normalized spacial score (nSPS) is 19.9. The first-order valence-corrected chi connectivity index (χ1v) is 6.40. The van der Waals surface area contributed by atoms with Crippen molar-refractivity contribution in [2.45, 2.75) is 54.1 Å². The van der Waals surface area contributed by atoms with Gasteiger partial charge in [-0.05, 0) is 19.8 Å². The van der Waals surface area contributed by atoms with E-state index in [0.717, 1.165) is 13.1 Å². The molecule has 0 radical (unpaired) electrons. The Hall–Kier alpha value is -0.120. The maximum absolute atomic E-state index is 10.2. The quantitative estimate of drug-likeness (QED) is 0.540. The minimum Gasteiger partial charge on any atom is -0.321 e. The predicted molar refractivity (Wildman–Crippen MR) is 67.8 cm³/mol. The van der Waals surface area contributed by atoms with Crippen molar-refractivity contribution in [3.63, 3.8) is 0 Å². The Balaban J connectivity index is 4.45. The lowest BCUT2D eigenvalue weighted by atomic mass is 10.1. The number of aliphatic hydroxyl groups excluding tert-OH is 1. The van der Waals surface area contributed by atoms with Gasteiger partial charge in [0.1, 0.15) is 0 Å². The van der Waals surface area contributed by atoms with Gasteiger partial charge in [-0.15, -0.1) is 0 Å². The van der Waals surface area contributed by atoms with Gasteiger partial charge >= 0.3 is 6.41 Å². The average molecular weight is 232 g/mol. The number of quaternary nitrogens is 1. The minimum absolute atomic E-state index is 0.0890. The highest BCUT2D eigenvalue weighted by molar-refractivity contribution is 4.54. The zero-order valence-electron chi connectivity index (χ0n) is 12.0. The molecule has 0 fully saturated rings. The number of ether oxygens (including phenoxy) is 1. The van der Waals surface area contributed by atoms with Crippen LogP contribution in [0.2, 0.25) is 0 Å². The SMILES string of the molecule is CC[N+](C)(CC(C)C)C(O)OC(C)C(C)C. The zero-order chi connectivity index (χ0) is 12.9. The summed E-state index contributed by atoms with van der Waals surface area (Å²) in [5, 5.41) is 10.2. The summed E-state index contributed by atoms with van der Waals surface area (Å²) < 4.78 is 6.26. The highest BCUT2D eigenvalue weighted by Crippen LogP contribution is 2.17. The molecule has 0 heterocycles. The lowest BCUT2D eigenvalue weighted by Crippen LogP contribution is -2.56. The fourth-order valence-electron chi connectivity index (χ4n) is 1.71. The second-order valence-electron chi connectivity index (χ2n) is 5.78. The largest absolute Gasteiger partial charge is 0.321 e. The van der Waals surface area contributed by atoms with Crippen LogP contribution in [0.25, 0.3) is 0 Å². The van der Waals surface area contributed by atoms with Gasteiger partial charge in [-0.3, -0.25) is 4.48 Å². The number of nitrogens with zero attached hydrogens (tertiary/aromatic N) is 1. The summed E-state index contributed by atoms with van der Waals surface area (Å²) in [7, 11) is 2.05. The van der Waals surface area contributed by atoms with Crippen LogP contribution >= 0.6 is 0 Å². The molecule has 0 aliphatic carbocycles. The minimum atomic E-state index is -0.718. The van der Waals surface area contributed by atoms with Crippen LogP contribution < -0.4 is 0 Å². The molecule has 0 aromatic carbocycles. The molecule has 0 aromatic rings. The summed E-state index contributed by atoms with van der Waals surface area (Å²) in [5.41, 5.74) is 0. The number of rotatable bonds is 7. The van der Waals surface area contributed by atoms with Crippen LogP contribution in [0.4, 0.5) is 0 Å². The Morgan fingerprint density at radius 3 is 1.94 bits per heavy atom. The van der Waals surface area contributed by atoms with Crippen molar-refractivity contribution in [2.24, 2.45) is 11.8 Å². The summed E-state index contributed by atoms with van der Waals surface area (Å²) in [6, 6.07) is 0. The van der Waals surface area contributed by atoms with Gasteiger partial charge in [-0.1, -0.05) is 27.7 Å². The van der Waals surface area contributed by atoms with Gasteiger partial charge in [0.2, 0.25) is 0 Å². The molecule has 3 nitrogen and oxygen atoms in total. The number of hydrogen-bond acceptors (Lipinski definition) is 2. The molecular formula is C13H30NO2+. The second kappa shape index (κ2) is 6.58. The van der Waals surface area contributed by atoms with E-state index in [2.05, 4.69) is 41.7 Å². The van der Waals surface area contributed by atoms with Gasteiger partial charge < -0.3 is 9.84 Å². The summed E-state index contributed by atoms with van der Waals surface area (Å²) >= 11 is 0. The van der Waals surface area contributed by atoms with E-state index in [4.69, 9.17) is 4.74 Å². The van der Waals surface area contributed by atoms with Crippen LogP contribution in [0.5, 0.6) is 0 Å². The molecule has 0 rings (SSSR count). The first-order chi connectivity index (χ1) is 7.23. The van der Waals surface area contributed by atoms with Gasteiger partial charge in [0.25, 0.3) is 0 Å². The van der Waals surface area contributed by atoms with Crippen molar-refractivity contribution in [2.75, 3.05) is 20.1 Å². The molecular weight excluding hydrogens is 202 g/mol. The second-order valence-corrected chi connectivity index (χ2v) is 5.78. The van der Waals surface area contributed by atoms with Gasteiger partial charge in [0.15, 0.2) is 0 Å². The fourth-order valence-corrected chi connectivity index (χ4v) is 1.71. The monoisotopic (exact) mass is 232 g/mol.